The normalized spacial score (nSPS) is 16.9. The minimum atomic E-state index is -0.890. The number of aromatic nitrogens is 1. The Labute approximate surface area is 222 Å². The highest BCUT2D eigenvalue weighted by atomic mass is 35.5. The van der Waals surface area contributed by atoms with Crippen LogP contribution in [0.4, 0.5) is 5.13 Å². The smallest absolute Gasteiger partial charge is 0.301 e. The second kappa shape index (κ2) is 10.2. The second-order valence-corrected chi connectivity index (χ2v) is 9.68. The van der Waals surface area contributed by atoms with Crippen molar-refractivity contribution in [3.8, 4) is 11.5 Å². The van der Waals surface area contributed by atoms with Gasteiger partial charge in [0.25, 0.3) is 5.78 Å². The van der Waals surface area contributed by atoms with Crippen LogP contribution in [0.5, 0.6) is 11.5 Å². The number of nitrogens with zero attached hydrogens (tertiary/aromatic N) is 2. The SMILES string of the molecule is CCOc1ccc(C2C(=C(O)c3ccc(Cl)cc3)C(=O)C(=O)N2c2nc3ccc(OCC)cc3s2)cc1. The van der Waals surface area contributed by atoms with E-state index in [4.69, 9.17) is 21.1 Å². The van der Waals surface area contributed by atoms with Crippen LogP contribution in [0.3, 0.4) is 0 Å². The standard InChI is InChI=1S/C28H23ClN2O5S/c1-3-35-19-11-7-16(8-12-19)24-23(25(32)17-5-9-18(29)10-6-17)26(33)27(34)31(24)28-30-21-14-13-20(36-4-2)15-22(21)37-28/h5-15,24,32H,3-4H2,1-2H3. The Morgan fingerprint density at radius 1 is 0.973 bits per heavy atom. The van der Waals surface area contributed by atoms with Crippen LogP contribution in [0, 0.1) is 0 Å². The van der Waals surface area contributed by atoms with E-state index >= 15 is 0 Å². The van der Waals surface area contributed by atoms with E-state index in [1.54, 1.807) is 48.5 Å². The second-order valence-electron chi connectivity index (χ2n) is 8.24. The first kappa shape index (κ1) is 24.8. The number of carbonyl (C=O) groups excluding carboxylic acids is 2. The molecule has 0 spiro atoms. The van der Waals surface area contributed by atoms with Crippen molar-refractivity contribution in [3.05, 3.63) is 88.5 Å². The van der Waals surface area contributed by atoms with Gasteiger partial charge >= 0.3 is 5.91 Å². The van der Waals surface area contributed by atoms with E-state index in [-0.39, 0.29) is 11.3 Å². The van der Waals surface area contributed by atoms with Crippen LogP contribution in [0.15, 0.2) is 72.3 Å². The zero-order chi connectivity index (χ0) is 26.1. The number of aliphatic hydroxyl groups is 1. The number of ketones is 1. The number of benzene rings is 3. The predicted octanol–water partition coefficient (Wildman–Crippen LogP) is 6.37. The lowest BCUT2D eigenvalue weighted by Gasteiger charge is -2.23. The fraction of sp³-hybridized carbons (Fsp3) is 0.179. The lowest BCUT2D eigenvalue weighted by atomic mass is 9.95. The number of amides is 1. The number of hydrogen-bond acceptors (Lipinski definition) is 7. The molecule has 0 radical (unpaired) electrons. The van der Waals surface area contributed by atoms with Crippen molar-refractivity contribution in [2.75, 3.05) is 18.1 Å². The summed E-state index contributed by atoms with van der Waals surface area (Å²) in [7, 11) is 0. The molecule has 188 valence electrons. The van der Waals surface area contributed by atoms with Crippen molar-refractivity contribution in [3.63, 3.8) is 0 Å². The zero-order valence-electron chi connectivity index (χ0n) is 20.1. The summed E-state index contributed by atoms with van der Waals surface area (Å²) in [6, 6.07) is 18.1. The van der Waals surface area contributed by atoms with Crippen LogP contribution in [-0.4, -0.2) is 35.0 Å². The lowest BCUT2D eigenvalue weighted by molar-refractivity contribution is -0.132. The summed E-state index contributed by atoms with van der Waals surface area (Å²) in [6.07, 6.45) is 0. The molecule has 1 aromatic heterocycles. The number of aliphatic hydroxyl groups excluding tert-OH is 1. The molecule has 2 heterocycles. The molecule has 0 saturated carbocycles. The van der Waals surface area contributed by atoms with Crippen molar-refractivity contribution in [1.29, 1.82) is 0 Å². The van der Waals surface area contributed by atoms with Crippen molar-refractivity contribution in [2.45, 2.75) is 19.9 Å². The Balaban J connectivity index is 1.67. The summed E-state index contributed by atoms with van der Waals surface area (Å²) in [4.78, 5) is 32.8. The van der Waals surface area contributed by atoms with E-state index < -0.39 is 17.7 Å². The number of anilines is 1. The van der Waals surface area contributed by atoms with Crippen LogP contribution in [-0.2, 0) is 9.59 Å². The van der Waals surface area contributed by atoms with Gasteiger partial charge in [0.15, 0.2) is 5.13 Å². The van der Waals surface area contributed by atoms with Gasteiger partial charge in [0.1, 0.15) is 17.3 Å². The Bertz CT molecular complexity index is 1510. The minimum Gasteiger partial charge on any atom is -0.507 e. The molecular formula is C28H23ClN2O5S. The fourth-order valence-corrected chi connectivity index (χ4v) is 5.42. The van der Waals surface area contributed by atoms with Crippen molar-refractivity contribution in [2.24, 2.45) is 0 Å². The van der Waals surface area contributed by atoms with Gasteiger partial charge < -0.3 is 14.6 Å². The number of rotatable bonds is 7. The fourth-order valence-electron chi connectivity index (χ4n) is 4.27. The maximum Gasteiger partial charge on any atom is 0.301 e. The highest BCUT2D eigenvalue weighted by molar-refractivity contribution is 7.22. The molecule has 1 aliphatic heterocycles. The molecule has 1 unspecified atom stereocenters. The predicted molar refractivity (Wildman–Crippen MR) is 145 cm³/mol. The first-order chi connectivity index (χ1) is 17.9. The third-order valence-electron chi connectivity index (χ3n) is 5.93. The molecule has 9 heteroatoms. The molecule has 3 aromatic carbocycles. The molecule has 1 aliphatic rings. The molecule has 1 amide bonds. The van der Waals surface area contributed by atoms with Gasteiger partial charge in [-0.05, 0) is 74.0 Å². The van der Waals surface area contributed by atoms with Gasteiger partial charge in [0, 0.05) is 10.6 Å². The number of hydrogen-bond donors (Lipinski definition) is 1. The highest BCUT2D eigenvalue weighted by Crippen LogP contribution is 2.45. The molecule has 5 rings (SSSR count). The summed E-state index contributed by atoms with van der Waals surface area (Å²) in [5.41, 5.74) is 1.66. The number of Topliss-reactive ketones (excluding diaryl/α,β-unsaturated/α-hetero) is 1. The monoisotopic (exact) mass is 534 g/mol. The maximum absolute atomic E-state index is 13.4. The number of ether oxygens (including phenoxy) is 2. The largest absolute Gasteiger partial charge is 0.507 e. The van der Waals surface area contributed by atoms with E-state index in [2.05, 4.69) is 4.98 Å². The van der Waals surface area contributed by atoms with Crippen LogP contribution >= 0.6 is 22.9 Å². The van der Waals surface area contributed by atoms with Gasteiger partial charge in [-0.15, -0.1) is 0 Å². The molecule has 4 aromatic rings. The third-order valence-corrected chi connectivity index (χ3v) is 7.20. The van der Waals surface area contributed by atoms with Crippen LogP contribution < -0.4 is 14.4 Å². The van der Waals surface area contributed by atoms with Crippen LogP contribution in [0.2, 0.25) is 5.02 Å². The lowest BCUT2D eigenvalue weighted by Crippen LogP contribution is -2.29. The van der Waals surface area contributed by atoms with Crippen molar-refractivity contribution in [1.82, 2.24) is 4.98 Å². The summed E-state index contributed by atoms with van der Waals surface area (Å²) < 4.78 is 12.0. The van der Waals surface area contributed by atoms with Gasteiger partial charge in [0.2, 0.25) is 0 Å². The molecule has 1 N–H and O–H groups in total. The van der Waals surface area contributed by atoms with E-state index in [0.717, 1.165) is 4.70 Å². The number of halogens is 1. The van der Waals surface area contributed by atoms with Gasteiger partial charge in [-0.3, -0.25) is 14.5 Å². The van der Waals surface area contributed by atoms with E-state index in [1.807, 2.05) is 32.0 Å². The summed E-state index contributed by atoms with van der Waals surface area (Å²) in [5.74, 6) is -0.488. The minimum absolute atomic E-state index is 0.0225. The summed E-state index contributed by atoms with van der Waals surface area (Å²) >= 11 is 7.29. The van der Waals surface area contributed by atoms with Gasteiger partial charge in [-0.2, -0.15) is 0 Å². The average molecular weight is 535 g/mol. The van der Waals surface area contributed by atoms with Gasteiger partial charge in [-0.1, -0.05) is 35.1 Å². The third kappa shape index (κ3) is 4.65. The summed E-state index contributed by atoms with van der Waals surface area (Å²) in [5, 5.41) is 12.1. The average Bonchev–Trinajstić information content (AvgIpc) is 3.43. The maximum atomic E-state index is 13.4. The zero-order valence-corrected chi connectivity index (χ0v) is 21.7. The Morgan fingerprint density at radius 3 is 2.30 bits per heavy atom. The number of carbonyl (C=O) groups is 2. The van der Waals surface area contributed by atoms with Gasteiger partial charge in [-0.25, -0.2) is 4.98 Å². The van der Waals surface area contributed by atoms with E-state index in [9.17, 15) is 14.7 Å². The topological polar surface area (TPSA) is 89.0 Å². The first-order valence-electron chi connectivity index (χ1n) is 11.7. The molecule has 0 aliphatic carbocycles. The van der Waals surface area contributed by atoms with Crippen molar-refractivity contribution < 1.29 is 24.2 Å². The summed E-state index contributed by atoms with van der Waals surface area (Å²) in [6.45, 7) is 4.82. The molecule has 7 nitrogen and oxygen atoms in total. The number of fused-ring (bicyclic) bond motifs is 1. The molecule has 37 heavy (non-hydrogen) atoms. The van der Waals surface area contributed by atoms with Crippen LogP contribution in [0.1, 0.15) is 31.0 Å². The molecule has 1 fully saturated rings. The Morgan fingerprint density at radius 2 is 1.62 bits per heavy atom. The van der Waals surface area contributed by atoms with E-state index in [0.29, 0.717) is 51.5 Å². The molecule has 1 atom stereocenters. The molecule has 1 saturated heterocycles. The highest BCUT2D eigenvalue weighted by Gasteiger charge is 2.48. The Hall–Kier alpha value is -3.88. The van der Waals surface area contributed by atoms with Crippen molar-refractivity contribution >= 4 is 55.7 Å². The van der Waals surface area contributed by atoms with E-state index in [1.165, 1.54) is 16.2 Å². The van der Waals surface area contributed by atoms with Crippen LogP contribution in [0.25, 0.3) is 16.0 Å². The molecule has 0 bridgehead atoms. The molecular weight excluding hydrogens is 512 g/mol. The van der Waals surface area contributed by atoms with Gasteiger partial charge in [0.05, 0.1) is 35.0 Å². The first-order valence-corrected chi connectivity index (χ1v) is 12.9. The Kier molecular flexibility index (Phi) is 6.86. The quantitative estimate of drug-likeness (QED) is 0.168. The number of thiazole rings is 1.